The molecule has 25 heavy (non-hydrogen) atoms. The van der Waals surface area contributed by atoms with Crippen molar-refractivity contribution in [1.82, 2.24) is 0 Å². The lowest BCUT2D eigenvalue weighted by Gasteiger charge is -2.63. The third kappa shape index (κ3) is 2.30. The fraction of sp³-hybridized carbons (Fsp3) is 1.00. The molecule has 0 spiro atoms. The second-order valence-corrected chi connectivity index (χ2v) is 12.2. The van der Waals surface area contributed by atoms with Crippen molar-refractivity contribution in [1.29, 1.82) is 0 Å². The SMILES string of the molecule is CC1CCC2C(C1)C(C)C(C)C1C2C(C)CC2(C)C1CC(C)C2(C)C. The number of rotatable bonds is 0. The van der Waals surface area contributed by atoms with Crippen molar-refractivity contribution >= 4 is 0 Å². The van der Waals surface area contributed by atoms with E-state index in [0.29, 0.717) is 10.8 Å². The Morgan fingerprint density at radius 2 is 1.40 bits per heavy atom. The van der Waals surface area contributed by atoms with Gasteiger partial charge in [0.2, 0.25) is 0 Å². The van der Waals surface area contributed by atoms with Gasteiger partial charge in [-0.2, -0.15) is 0 Å². The smallest absolute Gasteiger partial charge is 0.0238 e. The van der Waals surface area contributed by atoms with E-state index in [0.717, 1.165) is 59.2 Å². The zero-order valence-corrected chi connectivity index (χ0v) is 18.3. The number of hydrogen-bond donors (Lipinski definition) is 0. The van der Waals surface area contributed by atoms with E-state index in [1.54, 1.807) is 0 Å². The molecule has 0 nitrogen and oxygen atoms in total. The molecule has 0 N–H and O–H groups in total. The van der Waals surface area contributed by atoms with Gasteiger partial charge in [-0.15, -0.1) is 0 Å². The van der Waals surface area contributed by atoms with Crippen molar-refractivity contribution < 1.29 is 0 Å². The highest BCUT2D eigenvalue weighted by molar-refractivity contribution is 5.13. The Balaban J connectivity index is 1.74. The van der Waals surface area contributed by atoms with Gasteiger partial charge in [0.05, 0.1) is 0 Å². The third-order valence-electron chi connectivity index (χ3n) is 11.3. The predicted octanol–water partition coefficient (Wildman–Crippen LogP) is 7.29. The van der Waals surface area contributed by atoms with Crippen LogP contribution in [0.2, 0.25) is 0 Å². The molecule has 144 valence electrons. The summed E-state index contributed by atoms with van der Waals surface area (Å²) in [6.07, 6.45) is 7.56. The first-order valence-corrected chi connectivity index (χ1v) is 11.6. The van der Waals surface area contributed by atoms with Crippen LogP contribution < -0.4 is 0 Å². The Labute approximate surface area is 157 Å². The van der Waals surface area contributed by atoms with Crippen molar-refractivity contribution in [3.05, 3.63) is 0 Å². The zero-order valence-electron chi connectivity index (χ0n) is 18.3. The molecule has 11 unspecified atom stereocenters. The lowest BCUT2D eigenvalue weighted by Crippen LogP contribution is -2.57. The van der Waals surface area contributed by atoms with Crippen LogP contribution in [0.25, 0.3) is 0 Å². The van der Waals surface area contributed by atoms with E-state index in [-0.39, 0.29) is 0 Å². The summed E-state index contributed by atoms with van der Waals surface area (Å²) in [4.78, 5) is 0. The second-order valence-electron chi connectivity index (χ2n) is 12.2. The van der Waals surface area contributed by atoms with Crippen molar-refractivity contribution in [3.63, 3.8) is 0 Å². The normalized spacial score (nSPS) is 60.5. The summed E-state index contributed by atoms with van der Waals surface area (Å²) in [6, 6.07) is 0. The van der Waals surface area contributed by atoms with E-state index in [1.807, 2.05) is 0 Å². The molecule has 0 heteroatoms. The first-order valence-electron chi connectivity index (χ1n) is 11.6. The van der Waals surface area contributed by atoms with Crippen LogP contribution in [0, 0.1) is 70.0 Å². The van der Waals surface area contributed by atoms with Crippen LogP contribution in [0.4, 0.5) is 0 Å². The maximum Gasteiger partial charge on any atom is -0.0238 e. The molecule has 4 fully saturated rings. The molecule has 0 bridgehead atoms. The number of hydrogen-bond acceptors (Lipinski definition) is 0. The maximum atomic E-state index is 2.69. The fourth-order valence-electron chi connectivity index (χ4n) is 9.12. The zero-order chi connectivity index (χ0) is 18.3. The van der Waals surface area contributed by atoms with Gasteiger partial charge < -0.3 is 0 Å². The maximum absolute atomic E-state index is 2.69. The summed E-state index contributed by atoms with van der Waals surface area (Å²) in [5, 5.41) is 0. The van der Waals surface area contributed by atoms with Gasteiger partial charge >= 0.3 is 0 Å². The van der Waals surface area contributed by atoms with E-state index in [1.165, 1.54) is 32.1 Å². The van der Waals surface area contributed by atoms with E-state index >= 15 is 0 Å². The van der Waals surface area contributed by atoms with Gasteiger partial charge in [0.1, 0.15) is 0 Å². The van der Waals surface area contributed by atoms with Crippen molar-refractivity contribution in [2.45, 2.75) is 87.5 Å². The molecule has 0 radical (unpaired) electrons. The van der Waals surface area contributed by atoms with Crippen LogP contribution in [0.1, 0.15) is 87.5 Å². The largest absolute Gasteiger partial charge is 0.0625 e. The second kappa shape index (κ2) is 5.75. The molecule has 0 aliphatic heterocycles. The Morgan fingerprint density at radius 3 is 2.08 bits per heavy atom. The molecule has 11 atom stereocenters. The van der Waals surface area contributed by atoms with Gasteiger partial charge in [0.15, 0.2) is 0 Å². The molecule has 4 rings (SSSR count). The Hall–Kier alpha value is 0. The highest BCUT2D eigenvalue weighted by atomic mass is 14.7. The average Bonchev–Trinajstić information content (AvgIpc) is 2.71. The first-order chi connectivity index (χ1) is 11.6. The van der Waals surface area contributed by atoms with Gasteiger partial charge in [-0.1, -0.05) is 61.8 Å². The Bertz CT molecular complexity index is 518. The van der Waals surface area contributed by atoms with Crippen LogP contribution in [-0.4, -0.2) is 0 Å². The van der Waals surface area contributed by atoms with Gasteiger partial charge in [-0.3, -0.25) is 0 Å². The molecule has 0 heterocycles. The molecule has 0 aromatic heterocycles. The molecule has 0 aromatic rings. The highest BCUT2D eigenvalue weighted by Gasteiger charge is 2.65. The fourth-order valence-corrected chi connectivity index (χ4v) is 9.12. The minimum atomic E-state index is 0.512. The van der Waals surface area contributed by atoms with Crippen molar-refractivity contribution in [2.24, 2.45) is 70.0 Å². The lowest BCUT2D eigenvalue weighted by molar-refractivity contribution is -0.152. The van der Waals surface area contributed by atoms with E-state index in [9.17, 15) is 0 Å². The van der Waals surface area contributed by atoms with Gasteiger partial charge in [-0.25, -0.2) is 0 Å². The third-order valence-corrected chi connectivity index (χ3v) is 11.3. The monoisotopic (exact) mass is 344 g/mol. The molecule has 0 aromatic carbocycles. The van der Waals surface area contributed by atoms with Crippen molar-refractivity contribution in [2.75, 3.05) is 0 Å². The topological polar surface area (TPSA) is 0 Å². The highest BCUT2D eigenvalue weighted by Crippen LogP contribution is 2.72. The lowest BCUT2D eigenvalue weighted by atomic mass is 9.41. The molecule has 4 aliphatic rings. The quantitative estimate of drug-likeness (QED) is 0.433. The Kier molecular flexibility index (Phi) is 4.22. The van der Waals surface area contributed by atoms with Crippen LogP contribution in [0.5, 0.6) is 0 Å². The molecular formula is C25H44. The van der Waals surface area contributed by atoms with Crippen LogP contribution in [-0.2, 0) is 0 Å². The Morgan fingerprint density at radius 1 is 0.720 bits per heavy atom. The predicted molar refractivity (Wildman–Crippen MR) is 108 cm³/mol. The average molecular weight is 345 g/mol. The summed E-state index contributed by atoms with van der Waals surface area (Å²) in [6.45, 7) is 20.9. The van der Waals surface area contributed by atoms with Gasteiger partial charge in [0, 0.05) is 0 Å². The van der Waals surface area contributed by atoms with E-state index < -0.39 is 0 Å². The van der Waals surface area contributed by atoms with Crippen LogP contribution in [0.3, 0.4) is 0 Å². The summed E-state index contributed by atoms with van der Waals surface area (Å²) in [7, 11) is 0. The van der Waals surface area contributed by atoms with Gasteiger partial charge in [-0.05, 0) is 95.7 Å². The summed E-state index contributed by atoms with van der Waals surface area (Å²) < 4.78 is 0. The van der Waals surface area contributed by atoms with Crippen LogP contribution in [0.15, 0.2) is 0 Å². The summed E-state index contributed by atoms with van der Waals surface area (Å²) >= 11 is 0. The van der Waals surface area contributed by atoms with Crippen LogP contribution >= 0.6 is 0 Å². The molecule has 0 saturated heterocycles. The van der Waals surface area contributed by atoms with Gasteiger partial charge in [0.25, 0.3) is 0 Å². The van der Waals surface area contributed by atoms with Crippen molar-refractivity contribution in [3.8, 4) is 0 Å². The summed E-state index contributed by atoms with van der Waals surface area (Å²) in [5.74, 6) is 9.77. The molecular weight excluding hydrogens is 300 g/mol. The molecule has 4 aliphatic carbocycles. The molecule has 4 saturated carbocycles. The first kappa shape index (κ1) is 18.4. The summed E-state index contributed by atoms with van der Waals surface area (Å²) in [5.41, 5.74) is 1.08. The number of fused-ring (bicyclic) bond motifs is 5. The standard InChI is InChI=1S/C25H44/c1-14-9-10-19-20(11-14)17(4)18(5)23-21-12-16(3)24(6,7)25(21,8)13-15(2)22(19)23/h14-23H,9-13H2,1-8H3. The minimum absolute atomic E-state index is 0.512. The van der Waals surface area contributed by atoms with E-state index in [4.69, 9.17) is 0 Å². The van der Waals surface area contributed by atoms with E-state index in [2.05, 4.69) is 55.4 Å². The molecule has 0 amide bonds. The minimum Gasteiger partial charge on any atom is -0.0625 e.